The Morgan fingerprint density at radius 1 is 0.957 bits per heavy atom. The summed E-state index contributed by atoms with van der Waals surface area (Å²) in [7, 11) is 0. The van der Waals surface area contributed by atoms with E-state index in [-0.39, 0.29) is 12.6 Å². The lowest BCUT2D eigenvalue weighted by Crippen LogP contribution is -2.56. The Bertz CT molecular complexity index is 1500. The third kappa shape index (κ3) is 9.26. The summed E-state index contributed by atoms with van der Waals surface area (Å²) >= 11 is 0. The van der Waals surface area contributed by atoms with Gasteiger partial charge in [-0.25, -0.2) is 0 Å². The second kappa shape index (κ2) is 15.1. The van der Waals surface area contributed by atoms with Crippen molar-refractivity contribution in [3.05, 3.63) is 70.9 Å². The average molecular weight is 668 g/mol. The molecule has 3 heterocycles. The normalized spacial score (nSPS) is 19.0. The SMILES string of the molecule is C/C(CCN1CCN(C(=O)c2cc(C(F)(F)F)cc(C(F)(F)F)c2)[C@H](Cc2c[nH]c3ccccc23)C1)=N/OCCCN1CCOCC1. The quantitative estimate of drug-likeness (QED) is 0.116. The molecule has 0 radical (unpaired) electrons. The number of ether oxygens (including phenoxy) is 1. The maximum absolute atomic E-state index is 13.7. The number of carbonyl (C=O) groups is 1. The average Bonchev–Trinajstić information content (AvgIpc) is 3.45. The van der Waals surface area contributed by atoms with Gasteiger partial charge in [-0.15, -0.1) is 0 Å². The van der Waals surface area contributed by atoms with E-state index in [2.05, 4.69) is 19.9 Å². The molecule has 0 saturated carbocycles. The molecule has 5 rings (SSSR count). The summed E-state index contributed by atoms with van der Waals surface area (Å²) in [6.07, 6.45) is -6.48. The number of piperazine rings is 1. The Kier molecular flexibility index (Phi) is 11.1. The van der Waals surface area contributed by atoms with Crippen LogP contribution in [-0.4, -0.2) is 103 Å². The number of carbonyl (C=O) groups excluding carboxylic acids is 1. The Morgan fingerprint density at radius 2 is 1.66 bits per heavy atom. The minimum Gasteiger partial charge on any atom is -0.396 e. The van der Waals surface area contributed by atoms with E-state index in [9.17, 15) is 31.1 Å². The van der Waals surface area contributed by atoms with Crippen LogP contribution in [0.4, 0.5) is 26.3 Å². The summed E-state index contributed by atoms with van der Waals surface area (Å²) in [4.78, 5) is 28.3. The molecule has 14 heteroatoms. The largest absolute Gasteiger partial charge is 0.416 e. The van der Waals surface area contributed by atoms with E-state index in [4.69, 9.17) is 9.57 Å². The van der Waals surface area contributed by atoms with Crippen molar-refractivity contribution in [1.82, 2.24) is 19.7 Å². The van der Waals surface area contributed by atoms with E-state index in [1.54, 1.807) is 0 Å². The number of rotatable bonds is 11. The first kappa shape index (κ1) is 34.7. The summed E-state index contributed by atoms with van der Waals surface area (Å²) in [6, 6.07) is 8.14. The van der Waals surface area contributed by atoms with Gasteiger partial charge in [-0.3, -0.25) is 14.6 Å². The smallest absolute Gasteiger partial charge is 0.396 e. The number of fused-ring (bicyclic) bond motifs is 1. The first-order valence-electron chi connectivity index (χ1n) is 15.7. The highest BCUT2D eigenvalue weighted by molar-refractivity contribution is 5.95. The Hall–Kier alpha value is -3.62. The van der Waals surface area contributed by atoms with Crippen molar-refractivity contribution >= 4 is 22.5 Å². The molecule has 1 N–H and O–H groups in total. The third-order valence-electron chi connectivity index (χ3n) is 8.62. The van der Waals surface area contributed by atoms with Gasteiger partial charge in [0.15, 0.2) is 0 Å². The van der Waals surface area contributed by atoms with Crippen molar-refractivity contribution in [2.45, 2.75) is 44.6 Å². The number of aromatic nitrogens is 1. The molecule has 0 bridgehead atoms. The fourth-order valence-electron chi connectivity index (χ4n) is 6.06. The van der Waals surface area contributed by atoms with Crippen LogP contribution in [0.3, 0.4) is 0 Å². The highest BCUT2D eigenvalue weighted by Crippen LogP contribution is 2.37. The van der Waals surface area contributed by atoms with Gasteiger partial charge < -0.3 is 19.5 Å². The van der Waals surface area contributed by atoms with Crippen molar-refractivity contribution in [2.24, 2.45) is 5.16 Å². The predicted molar refractivity (Wildman–Crippen MR) is 165 cm³/mol. The molecule has 3 aromatic rings. The van der Waals surface area contributed by atoms with E-state index < -0.39 is 41.0 Å². The Labute approximate surface area is 269 Å². The fraction of sp³-hybridized carbons (Fsp3) is 0.515. The van der Waals surface area contributed by atoms with Gasteiger partial charge in [0, 0.05) is 80.9 Å². The van der Waals surface area contributed by atoms with Crippen LogP contribution in [0.25, 0.3) is 10.9 Å². The van der Waals surface area contributed by atoms with Gasteiger partial charge in [0.2, 0.25) is 0 Å². The van der Waals surface area contributed by atoms with Gasteiger partial charge in [-0.1, -0.05) is 23.4 Å². The number of para-hydroxylation sites is 1. The van der Waals surface area contributed by atoms with E-state index >= 15 is 0 Å². The van der Waals surface area contributed by atoms with Gasteiger partial charge in [0.1, 0.15) is 6.61 Å². The van der Waals surface area contributed by atoms with Crippen LogP contribution in [-0.2, 0) is 28.3 Å². The van der Waals surface area contributed by atoms with Crippen molar-refractivity contribution in [3.8, 4) is 0 Å². The van der Waals surface area contributed by atoms with E-state index in [1.807, 2.05) is 37.4 Å². The van der Waals surface area contributed by atoms with Crippen molar-refractivity contribution in [1.29, 1.82) is 0 Å². The molecule has 1 atom stereocenters. The Balaban J connectivity index is 1.27. The first-order chi connectivity index (χ1) is 22.4. The van der Waals surface area contributed by atoms with Gasteiger partial charge >= 0.3 is 12.4 Å². The van der Waals surface area contributed by atoms with Gasteiger partial charge in [-0.05, 0) is 49.6 Å². The summed E-state index contributed by atoms with van der Waals surface area (Å²) in [5, 5.41) is 5.17. The van der Waals surface area contributed by atoms with Crippen LogP contribution < -0.4 is 0 Å². The number of nitrogens with one attached hydrogen (secondary N) is 1. The first-order valence-corrected chi connectivity index (χ1v) is 15.7. The molecule has 0 unspecified atom stereocenters. The minimum absolute atomic E-state index is 0.0376. The molecule has 256 valence electrons. The number of aromatic amines is 1. The third-order valence-corrected chi connectivity index (χ3v) is 8.62. The van der Waals surface area contributed by atoms with E-state index in [1.165, 1.54) is 4.90 Å². The fourth-order valence-corrected chi connectivity index (χ4v) is 6.06. The van der Waals surface area contributed by atoms with Crippen molar-refractivity contribution < 1.29 is 40.7 Å². The maximum Gasteiger partial charge on any atom is 0.416 e. The number of nitrogens with zero attached hydrogens (tertiary/aromatic N) is 4. The lowest BCUT2D eigenvalue weighted by Gasteiger charge is -2.42. The van der Waals surface area contributed by atoms with Crippen LogP contribution >= 0.6 is 0 Å². The predicted octanol–water partition coefficient (Wildman–Crippen LogP) is 6.08. The summed E-state index contributed by atoms with van der Waals surface area (Å²) in [6.45, 7) is 8.10. The summed E-state index contributed by atoms with van der Waals surface area (Å²) < 4.78 is 86.9. The topological polar surface area (TPSA) is 73.4 Å². The number of halogens is 6. The van der Waals surface area contributed by atoms with E-state index in [0.29, 0.717) is 51.2 Å². The lowest BCUT2D eigenvalue weighted by molar-refractivity contribution is -0.143. The molecule has 8 nitrogen and oxygen atoms in total. The summed E-state index contributed by atoms with van der Waals surface area (Å²) in [5.41, 5.74) is -1.09. The van der Waals surface area contributed by atoms with Crippen LogP contribution in [0, 0.1) is 0 Å². The van der Waals surface area contributed by atoms with Gasteiger partial charge in [-0.2, -0.15) is 26.3 Å². The number of benzene rings is 2. The molecule has 47 heavy (non-hydrogen) atoms. The monoisotopic (exact) mass is 667 g/mol. The molecule has 2 aliphatic rings. The number of hydrogen-bond acceptors (Lipinski definition) is 6. The molecule has 0 spiro atoms. The van der Waals surface area contributed by atoms with Crippen molar-refractivity contribution in [3.63, 3.8) is 0 Å². The molecule has 1 amide bonds. The van der Waals surface area contributed by atoms with Gasteiger partial charge in [0.25, 0.3) is 5.91 Å². The molecule has 2 fully saturated rings. The molecule has 2 aliphatic heterocycles. The standard InChI is InChI=1S/C33H39F6N5O3/c1-23(41-47-14-4-8-42-12-15-46-16-13-42)7-9-43-10-11-44(28(22-43)19-25-21-40-30-6-3-2-5-29(25)30)31(45)24-17-26(32(34,35)36)20-27(18-24)33(37,38)39/h2-3,5-6,17-18,20-21,28,40H,4,7-16,19,22H2,1H3/b41-23-/t28-/m1/s1. The maximum atomic E-state index is 13.7. The lowest BCUT2D eigenvalue weighted by atomic mass is 9.98. The second-order valence-electron chi connectivity index (χ2n) is 12.0. The number of hydrogen-bond donors (Lipinski definition) is 1. The Morgan fingerprint density at radius 3 is 2.36 bits per heavy atom. The van der Waals surface area contributed by atoms with Crippen LogP contribution in [0.5, 0.6) is 0 Å². The molecule has 1 aromatic heterocycles. The van der Waals surface area contributed by atoms with Crippen LogP contribution in [0.1, 0.15) is 46.8 Å². The zero-order chi connectivity index (χ0) is 33.6. The second-order valence-corrected chi connectivity index (χ2v) is 12.0. The summed E-state index contributed by atoms with van der Waals surface area (Å²) in [5.74, 6) is -0.866. The number of H-pyrrole nitrogens is 1. The molecular formula is C33H39F6N5O3. The number of amides is 1. The highest BCUT2D eigenvalue weighted by atomic mass is 19.4. The molecule has 0 aliphatic carbocycles. The molecule has 2 aromatic carbocycles. The zero-order valence-corrected chi connectivity index (χ0v) is 26.2. The number of oxime groups is 1. The van der Waals surface area contributed by atoms with Crippen LogP contribution in [0.2, 0.25) is 0 Å². The van der Waals surface area contributed by atoms with E-state index in [0.717, 1.165) is 61.4 Å². The minimum atomic E-state index is -5.05. The molecule has 2 saturated heterocycles. The zero-order valence-electron chi connectivity index (χ0n) is 26.2. The van der Waals surface area contributed by atoms with Crippen molar-refractivity contribution in [2.75, 3.05) is 65.6 Å². The van der Waals surface area contributed by atoms with Crippen LogP contribution in [0.15, 0.2) is 53.8 Å². The molecular weight excluding hydrogens is 628 g/mol. The number of alkyl halides is 6. The number of morpholine rings is 1. The highest BCUT2D eigenvalue weighted by Gasteiger charge is 2.39. The van der Waals surface area contributed by atoms with Gasteiger partial charge in [0.05, 0.1) is 30.1 Å².